The van der Waals surface area contributed by atoms with E-state index in [2.05, 4.69) is 52.1 Å². The summed E-state index contributed by atoms with van der Waals surface area (Å²) in [6, 6.07) is 10.2. The van der Waals surface area contributed by atoms with Crippen LogP contribution in [0.3, 0.4) is 0 Å². The van der Waals surface area contributed by atoms with Crippen LogP contribution in [-0.4, -0.2) is 26.8 Å². The van der Waals surface area contributed by atoms with Crippen molar-refractivity contribution in [2.75, 3.05) is 11.9 Å². The summed E-state index contributed by atoms with van der Waals surface area (Å²) in [5, 5.41) is 14.7. The number of nitrogens with one attached hydrogen (secondary N) is 1. The van der Waals surface area contributed by atoms with Crippen LogP contribution in [0.5, 0.6) is 0 Å². The van der Waals surface area contributed by atoms with Crippen molar-refractivity contribution in [1.29, 1.82) is 0 Å². The number of rotatable bonds is 6. The fourth-order valence-electron chi connectivity index (χ4n) is 1.60. The number of tetrazole rings is 1. The Hall–Kier alpha value is -2.17. The third kappa shape index (κ3) is 3.41. The van der Waals surface area contributed by atoms with E-state index in [4.69, 9.17) is 0 Å². The molecule has 2 rings (SSSR count). The van der Waals surface area contributed by atoms with Crippen LogP contribution in [0.4, 0.5) is 5.95 Å². The number of nitrogens with zero attached hydrogens (tertiary/aromatic N) is 4. The van der Waals surface area contributed by atoms with Crippen molar-refractivity contribution in [2.24, 2.45) is 0 Å². The molecule has 0 aliphatic heterocycles. The molecule has 0 aliphatic rings. The zero-order valence-corrected chi connectivity index (χ0v) is 10.5. The molecule has 2 aromatic rings. The highest BCUT2D eigenvalue weighted by atomic mass is 15.6. The van der Waals surface area contributed by atoms with Crippen LogP contribution < -0.4 is 5.32 Å². The lowest BCUT2D eigenvalue weighted by Crippen LogP contribution is -2.08. The zero-order chi connectivity index (χ0) is 12.6. The van der Waals surface area contributed by atoms with E-state index in [1.807, 2.05) is 18.2 Å². The van der Waals surface area contributed by atoms with E-state index < -0.39 is 0 Å². The molecule has 0 amide bonds. The topological polar surface area (TPSA) is 55.6 Å². The molecular formula is C13H17N5. The van der Waals surface area contributed by atoms with Gasteiger partial charge in [-0.1, -0.05) is 54.5 Å². The van der Waals surface area contributed by atoms with Crippen molar-refractivity contribution in [1.82, 2.24) is 20.2 Å². The van der Waals surface area contributed by atoms with Crippen LogP contribution in [0.1, 0.15) is 18.9 Å². The first-order chi connectivity index (χ1) is 8.90. The second kappa shape index (κ2) is 6.54. The molecule has 1 aromatic carbocycles. The number of aryl methyl sites for hydroxylation is 1. The summed E-state index contributed by atoms with van der Waals surface area (Å²) in [4.78, 5) is 0. The molecule has 1 heterocycles. The summed E-state index contributed by atoms with van der Waals surface area (Å²) < 4.78 is 1.77. The monoisotopic (exact) mass is 243 g/mol. The number of hydrogen-bond acceptors (Lipinski definition) is 4. The van der Waals surface area contributed by atoms with E-state index in [-0.39, 0.29) is 0 Å². The Labute approximate surface area is 107 Å². The fraction of sp³-hybridized carbons (Fsp3) is 0.308. The smallest absolute Gasteiger partial charge is 0.243 e. The highest BCUT2D eigenvalue weighted by Gasteiger charge is 2.01. The quantitative estimate of drug-likeness (QED) is 0.845. The molecule has 5 heteroatoms. The molecule has 0 atom stereocenters. The molecule has 18 heavy (non-hydrogen) atoms. The molecule has 0 radical (unpaired) electrons. The third-order valence-electron chi connectivity index (χ3n) is 2.46. The van der Waals surface area contributed by atoms with Gasteiger partial charge < -0.3 is 5.32 Å². The molecule has 0 saturated carbocycles. The maximum Gasteiger partial charge on any atom is 0.243 e. The van der Waals surface area contributed by atoms with Crippen LogP contribution in [-0.2, 0) is 6.54 Å². The summed E-state index contributed by atoms with van der Waals surface area (Å²) >= 11 is 0. The summed E-state index contributed by atoms with van der Waals surface area (Å²) in [5.41, 5.74) is 1.19. The Morgan fingerprint density at radius 2 is 2.11 bits per heavy atom. The molecule has 0 bridgehead atoms. The van der Waals surface area contributed by atoms with Crippen LogP contribution in [0, 0.1) is 0 Å². The normalized spacial score (nSPS) is 10.9. The first kappa shape index (κ1) is 12.3. The summed E-state index contributed by atoms with van der Waals surface area (Å²) in [7, 11) is 0. The van der Waals surface area contributed by atoms with Gasteiger partial charge in [-0.3, -0.25) is 0 Å². The van der Waals surface area contributed by atoms with Gasteiger partial charge in [-0.05, 0) is 22.4 Å². The fourth-order valence-corrected chi connectivity index (χ4v) is 1.60. The van der Waals surface area contributed by atoms with Crippen molar-refractivity contribution < 1.29 is 0 Å². The lowest BCUT2D eigenvalue weighted by atomic mass is 10.2. The minimum Gasteiger partial charge on any atom is -0.350 e. The second-order valence-electron chi connectivity index (χ2n) is 3.92. The van der Waals surface area contributed by atoms with Gasteiger partial charge in [0.2, 0.25) is 5.95 Å². The third-order valence-corrected chi connectivity index (χ3v) is 2.46. The Balaban J connectivity index is 1.85. The maximum absolute atomic E-state index is 3.94. The first-order valence-corrected chi connectivity index (χ1v) is 6.12. The lowest BCUT2D eigenvalue weighted by molar-refractivity contribution is 0.583. The SMILES string of the molecule is CCCn1nnnc1NC/C=C\c1ccccc1. The van der Waals surface area contributed by atoms with Crippen LogP contribution in [0.15, 0.2) is 36.4 Å². The van der Waals surface area contributed by atoms with Gasteiger partial charge in [-0.15, -0.1) is 0 Å². The van der Waals surface area contributed by atoms with Crippen molar-refractivity contribution in [3.63, 3.8) is 0 Å². The Morgan fingerprint density at radius 1 is 1.28 bits per heavy atom. The average Bonchev–Trinajstić information content (AvgIpc) is 2.84. The molecule has 0 saturated heterocycles. The zero-order valence-electron chi connectivity index (χ0n) is 10.5. The summed E-state index contributed by atoms with van der Waals surface area (Å²) in [6.45, 7) is 3.64. The molecular weight excluding hydrogens is 226 g/mol. The van der Waals surface area contributed by atoms with E-state index in [0.717, 1.165) is 18.9 Å². The van der Waals surface area contributed by atoms with Crippen LogP contribution >= 0.6 is 0 Å². The molecule has 0 spiro atoms. The largest absolute Gasteiger partial charge is 0.350 e. The molecule has 0 unspecified atom stereocenters. The number of hydrogen-bond donors (Lipinski definition) is 1. The predicted octanol–water partition coefficient (Wildman–Crippen LogP) is 2.21. The lowest BCUT2D eigenvalue weighted by Gasteiger charge is -2.02. The van der Waals surface area contributed by atoms with E-state index in [9.17, 15) is 0 Å². The first-order valence-electron chi connectivity index (χ1n) is 6.12. The van der Waals surface area contributed by atoms with Gasteiger partial charge in [-0.25, -0.2) is 4.68 Å². The van der Waals surface area contributed by atoms with Gasteiger partial charge >= 0.3 is 0 Å². The van der Waals surface area contributed by atoms with E-state index in [1.54, 1.807) is 4.68 Å². The Morgan fingerprint density at radius 3 is 2.89 bits per heavy atom. The van der Waals surface area contributed by atoms with Gasteiger partial charge in [0, 0.05) is 13.1 Å². The minimum atomic E-state index is 0.707. The molecule has 1 N–H and O–H groups in total. The summed E-state index contributed by atoms with van der Waals surface area (Å²) in [6.07, 6.45) is 5.14. The average molecular weight is 243 g/mol. The molecule has 1 aromatic heterocycles. The second-order valence-corrected chi connectivity index (χ2v) is 3.92. The van der Waals surface area contributed by atoms with Crippen LogP contribution in [0.25, 0.3) is 6.08 Å². The standard InChI is InChI=1S/C13H17N5/c1-2-11-18-13(15-16-17-18)14-10-6-9-12-7-4-3-5-8-12/h3-9H,2,10-11H2,1H3,(H,14,15,17)/b9-6-. The van der Waals surface area contributed by atoms with Crippen LogP contribution in [0.2, 0.25) is 0 Å². The summed E-state index contributed by atoms with van der Waals surface area (Å²) in [5.74, 6) is 0.717. The molecule has 0 fully saturated rings. The van der Waals surface area contributed by atoms with E-state index in [0.29, 0.717) is 6.54 Å². The van der Waals surface area contributed by atoms with E-state index in [1.165, 1.54) is 5.56 Å². The van der Waals surface area contributed by atoms with Crippen molar-refractivity contribution in [2.45, 2.75) is 19.9 Å². The maximum atomic E-state index is 3.94. The van der Waals surface area contributed by atoms with Gasteiger partial charge in [0.05, 0.1) is 0 Å². The molecule has 0 aliphatic carbocycles. The van der Waals surface area contributed by atoms with Gasteiger partial charge in [0.15, 0.2) is 0 Å². The molecule has 94 valence electrons. The highest BCUT2D eigenvalue weighted by molar-refractivity contribution is 5.49. The van der Waals surface area contributed by atoms with Gasteiger partial charge in [-0.2, -0.15) is 0 Å². The Bertz CT molecular complexity index is 489. The Kier molecular flexibility index (Phi) is 4.46. The highest BCUT2D eigenvalue weighted by Crippen LogP contribution is 2.02. The van der Waals surface area contributed by atoms with Crippen molar-refractivity contribution in [3.8, 4) is 0 Å². The van der Waals surface area contributed by atoms with Crippen molar-refractivity contribution in [3.05, 3.63) is 42.0 Å². The van der Waals surface area contributed by atoms with Gasteiger partial charge in [0.25, 0.3) is 0 Å². The van der Waals surface area contributed by atoms with Gasteiger partial charge in [0.1, 0.15) is 0 Å². The predicted molar refractivity (Wildman–Crippen MR) is 72.1 cm³/mol. The minimum absolute atomic E-state index is 0.707. The number of benzene rings is 1. The number of aromatic nitrogens is 4. The van der Waals surface area contributed by atoms with Crippen molar-refractivity contribution >= 4 is 12.0 Å². The van der Waals surface area contributed by atoms with E-state index >= 15 is 0 Å². The number of anilines is 1. The molecule has 5 nitrogen and oxygen atoms in total.